The van der Waals surface area contributed by atoms with Crippen LogP contribution in [0.1, 0.15) is 81.6 Å². The van der Waals surface area contributed by atoms with Crippen molar-refractivity contribution in [1.82, 2.24) is 0 Å². The molecule has 17 heavy (non-hydrogen) atoms. The summed E-state index contributed by atoms with van der Waals surface area (Å²) in [6, 6.07) is 0. The summed E-state index contributed by atoms with van der Waals surface area (Å²) in [5.41, 5.74) is 0.963. The van der Waals surface area contributed by atoms with Gasteiger partial charge in [-0.3, -0.25) is 0 Å². The van der Waals surface area contributed by atoms with E-state index in [-0.39, 0.29) is 0 Å². The smallest absolute Gasteiger partial charge is 0.0280 e. The van der Waals surface area contributed by atoms with Crippen molar-refractivity contribution in [3.63, 3.8) is 0 Å². The van der Waals surface area contributed by atoms with Gasteiger partial charge in [-0.25, -0.2) is 0 Å². The number of hydrogen-bond acceptors (Lipinski definition) is 0. The van der Waals surface area contributed by atoms with E-state index in [0.29, 0.717) is 10.8 Å². The lowest BCUT2D eigenvalue weighted by atomic mass is 9.61. The predicted octanol–water partition coefficient (Wildman–Crippen LogP) is 6.16. The predicted molar refractivity (Wildman–Crippen MR) is 80.3 cm³/mol. The molecule has 0 saturated carbocycles. The lowest BCUT2D eigenvalue weighted by Gasteiger charge is -2.44. The van der Waals surface area contributed by atoms with Crippen LogP contribution >= 0.6 is 0 Å². The van der Waals surface area contributed by atoms with E-state index >= 15 is 0 Å². The Balaban J connectivity index is 4.78. The van der Waals surface area contributed by atoms with Gasteiger partial charge in [0, 0.05) is 0 Å². The third-order valence-corrected chi connectivity index (χ3v) is 5.99. The fourth-order valence-corrected chi connectivity index (χ4v) is 3.10. The van der Waals surface area contributed by atoms with Gasteiger partial charge in [0.05, 0.1) is 0 Å². The third kappa shape index (κ3) is 4.00. The highest BCUT2D eigenvalue weighted by Crippen LogP contribution is 2.46. The van der Waals surface area contributed by atoms with E-state index in [1.165, 1.54) is 19.3 Å². The Kier molecular flexibility index (Phi) is 6.25. The minimum Gasteiger partial charge on any atom is -0.0651 e. The van der Waals surface area contributed by atoms with Gasteiger partial charge in [-0.05, 0) is 35.0 Å². The Morgan fingerprint density at radius 3 is 1.59 bits per heavy atom. The van der Waals surface area contributed by atoms with E-state index in [1.54, 1.807) is 0 Å². The van der Waals surface area contributed by atoms with Crippen LogP contribution in [-0.4, -0.2) is 0 Å². The van der Waals surface area contributed by atoms with Crippen molar-refractivity contribution in [2.24, 2.45) is 28.6 Å². The van der Waals surface area contributed by atoms with Gasteiger partial charge in [0.15, 0.2) is 0 Å². The maximum absolute atomic E-state index is 2.48. The second kappa shape index (κ2) is 6.25. The van der Waals surface area contributed by atoms with Crippen LogP contribution in [0.25, 0.3) is 0 Å². The zero-order valence-corrected chi connectivity index (χ0v) is 13.9. The minimum absolute atomic E-state index is 0.472. The quantitative estimate of drug-likeness (QED) is 0.500. The fraction of sp³-hybridized carbons (Fsp3) is 1.00. The monoisotopic (exact) mass is 240 g/mol. The summed E-state index contributed by atoms with van der Waals surface area (Å²) in [6.07, 6.45) is 3.94. The molecule has 0 aliphatic carbocycles. The maximum atomic E-state index is 2.48. The molecule has 3 atom stereocenters. The van der Waals surface area contributed by atoms with E-state index in [0.717, 1.165) is 17.8 Å². The van der Waals surface area contributed by atoms with Gasteiger partial charge in [0.2, 0.25) is 0 Å². The lowest BCUT2D eigenvalue weighted by Crippen LogP contribution is -2.35. The Hall–Kier alpha value is 0. The molecule has 0 nitrogen and oxygen atoms in total. The van der Waals surface area contributed by atoms with Gasteiger partial charge in [0.1, 0.15) is 0 Å². The molecule has 0 heteroatoms. The standard InChI is InChI=1S/C17H36/c1-10-14(5)16(7,8)12-15(6)17(9,11-2)13(3)4/h13-15H,10-12H2,1-9H3. The average Bonchev–Trinajstić information content (AvgIpc) is 2.25. The highest BCUT2D eigenvalue weighted by atomic mass is 14.4. The van der Waals surface area contributed by atoms with Crippen molar-refractivity contribution < 1.29 is 0 Å². The summed E-state index contributed by atoms with van der Waals surface area (Å²) in [6.45, 7) is 21.7. The average molecular weight is 240 g/mol. The molecule has 0 aliphatic rings. The first kappa shape index (κ1) is 17.0. The van der Waals surface area contributed by atoms with E-state index in [9.17, 15) is 0 Å². The van der Waals surface area contributed by atoms with Crippen LogP contribution in [0.15, 0.2) is 0 Å². The van der Waals surface area contributed by atoms with Crippen LogP contribution in [0.4, 0.5) is 0 Å². The topological polar surface area (TPSA) is 0 Å². The summed E-state index contributed by atoms with van der Waals surface area (Å²) in [7, 11) is 0. The van der Waals surface area contributed by atoms with E-state index in [1.807, 2.05) is 0 Å². The molecule has 0 bridgehead atoms. The largest absolute Gasteiger partial charge is 0.0651 e. The van der Waals surface area contributed by atoms with Gasteiger partial charge >= 0.3 is 0 Å². The fourth-order valence-electron chi connectivity index (χ4n) is 3.10. The second-order valence-electron chi connectivity index (χ2n) is 7.42. The molecule has 0 aliphatic heterocycles. The first-order chi connectivity index (χ1) is 7.61. The molecule has 0 fully saturated rings. The lowest BCUT2D eigenvalue weighted by molar-refractivity contribution is 0.0594. The Bertz CT molecular complexity index is 214. The summed E-state index contributed by atoms with van der Waals surface area (Å²) in [5.74, 6) is 2.39. The van der Waals surface area contributed by atoms with E-state index < -0.39 is 0 Å². The number of rotatable bonds is 7. The van der Waals surface area contributed by atoms with Crippen LogP contribution in [-0.2, 0) is 0 Å². The minimum atomic E-state index is 0.472. The van der Waals surface area contributed by atoms with Gasteiger partial charge in [-0.1, -0.05) is 75.2 Å². The molecule has 0 saturated heterocycles. The highest BCUT2D eigenvalue weighted by molar-refractivity contribution is 4.87. The molecule has 3 unspecified atom stereocenters. The van der Waals surface area contributed by atoms with Gasteiger partial charge in [-0.15, -0.1) is 0 Å². The summed E-state index contributed by atoms with van der Waals surface area (Å²) in [4.78, 5) is 0. The molecule has 0 radical (unpaired) electrons. The first-order valence-corrected chi connectivity index (χ1v) is 7.61. The van der Waals surface area contributed by atoms with Gasteiger partial charge < -0.3 is 0 Å². The maximum Gasteiger partial charge on any atom is -0.0280 e. The second-order valence-corrected chi connectivity index (χ2v) is 7.42. The van der Waals surface area contributed by atoms with Crippen LogP contribution in [0.5, 0.6) is 0 Å². The van der Waals surface area contributed by atoms with Crippen molar-refractivity contribution in [3.8, 4) is 0 Å². The highest BCUT2D eigenvalue weighted by Gasteiger charge is 2.37. The van der Waals surface area contributed by atoms with Crippen LogP contribution in [0.3, 0.4) is 0 Å². The Labute approximate surface area is 111 Å². The molecule has 104 valence electrons. The first-order valence-electron chi connectivity index (χ1n) is 7.61. The van der Waals surface area contributed by atoms with Crippen molar-refractivity contribution in [2.45, 2.75) is 81.6 Å². The summed E-state index contributed by atoms with van der Waals surface area (Å²) >= 11 is 0. The molecular formula is C17H36. The summed E-state index contributed by atoms with van der Waals surface area (Å²) < 4.78 is 0. The van der Waals surface area contributed by atoms with Crippen molar-refractivity contribution in [2.75, 3.05) is 0 Å². The van der Waals surface area contributed by atoms with Crippen molar-refractivity contribution >= 4 is 0 Å². The molecule has 0 amide bonds. The van der Waals surface area contributed by atoms with Crippen molar-refractivity contribution in [3.05, 3.63) is 0 Å². The molecule has 0 heterocycles. The zero-order chi connectivity index (χ0) is 13.9. The zero-order valence-electron chi connectivity index (χ0n) is 13.9. The third-order valence-electron chi connectivity index (χ3n) is 5.99. The number of hydrogen-bond donors (Lipinski definition) is 0. The molecule has 0 rings (SSSR count). The van der Waals surface area contributed by atoms with Gasteiger partial charge in [0.25, 0.3) is 0 Å². The van der Waals surface area contributed by atoms with Crippen molar-refractivity contribution in [1.29, 1.82) is 0 Å². The molecule has 0 aromatic heterocycles. The van der Waals surface area contributed by atoms with Crippen LogP contribution < -0.4 is 0 Å². The molecule has 0 aromatic rings. The molecule has 0 N–H and O–H groups in total. The summed E-state index contributed by atoms with van der Waals surface area (Å²) in [5, 5.41) is 0. The van der Waals surface area contributed by atoms with Gasteiger partial charge in [-0.2, -0.15) is 0 Å². The molecular weight excluding hydrogens is 204 g/mol. The molecule has 0 aromatic carbocycles. The Morgan fingerprint density at radius 1 is 0.824 bits per heavy atom. The van der Waals surface area contributed by atoms with Crippen LogP contribution in [0, 0.1) is 28.6 Å². The van der Waals surface area contributed by atoms with Crippen LogP contribution in [0.2, 0.25) is 0 Å². The molecule has 0 spiro atoms. The SMILES string of the molecule is CCC(C)C(C)(C)CC(C)C(C)(CC)C(C)C. The Morgan fingerprint density at radius 2 is 1.29 bits per heavy atom. The van der Waals surface area contributed by atoms with E-state index in [2.05, 4.69) is 62.3 Å². The normalized spacial score (nSPS) is 20.1. The van der Waals surface area contributed by atoms with E-state index in [4.69, 9.17) is 0 Å².